The first-order valence-corrected chi connectivity index (χ1v) is 14.5. The third-order valence-corrected chi connectivity index (χ3v) is 7.16. The number of unbranched alkanes of at least 4 members (excludes halogenated alkanes) is 3. The van der Waals surface area contributed by atoms with Gasteiger partial charge in [-0.05, 0) is 51.4 Å². The molecule has 0 saturated heterocycles. The van der Waals surface area contributed by atoms with Gasteiger partial charge in [-0.1, -0.05) is 31.0 Å². The number of aliphatic hydroxyl groups is 1. The highest BCUT2D eigenvalue weighted by Gasteiger charge is 2.39. The fourth-order valence-corrected chi connectivity index (χ4v) is 5.00. The number of nitrogens with one attached hydrogen (secondary N) is 2. The molecule has 0 spiro atoms. The smallest absolute Gasteiger partial charge is 0.336 e. The van der Waals surface area contributed by atoms with Crippen molar-refractivity contribution in [3.05, 3.63) is 86.7 Å². The van der Waals surface area contributed by atoms with Crippen molar-refractivity contribution in [1.82, 2.24) is 10.6 Å². The van der Waals surface area contributed by atoms with Gasteiger partial charge in [0, 0.05) is 35.6 Å². The second-order valence-electron chi connectivity index (χ2n) is 10.3. The zero-order valence-corrected chi connectivity index (χ0v) is 25.6. The van der Waals surface area contributed by atoms with Crippen LogP contribution in [0.1, 0.15) is 51.0 Å². The fourth-order valence-electron chi connectivity index (χ4n) is 5.00. The van der Waals surface area contributed by atoms with Crippen LogP contribution in [0.3, 0.4) is 0 Å². The van der Waals surface area contributed by atoms with E-state index in [1.807, 2.05) is 30.3 Å². The van der Waals surface area contributed by atoms with Gasteiger partial charge in [0.25, 0.3) is 5.69 Å². The SMILES string of the molecule is COC(=O)C1=C(C)NC(C)=C(C(=O)OC)C1c1cc([N+](=O)[O-])ccc1OCCCCCCNCC(O)COc1ccccc1. The van der Waals surface area contributed by atoms with Crippen LogP contribution in [0.4, 0.5) is 5.69 Å². The second-order valence-corrected chi connectivity index (χ2v) is 10.3. The molecule has 2 aromatic rings. The summed E-state index contributed by atoms with van der Waals surface area (Å²) in [5, 5.41) is 28.0. The zero-order valence-electron chi connectivity index (χ0n) is 25.6. The first kappa shape index (κ1) is 34.1. The van der Waals surface area contributed by atoms with Crippen LogP contribution in [0.2, 0.25) is 0 Å². The van der Waals surface area contributed by atoms with Gasteiger partial charge in [-0.2, -0.15) is 0 Å². The number of carbonyl (C=O) groups excluding carboxylic acids is 2. The number of aliphatic hydroxyl groups excluding tert-OH is 1. The van der Waals surface area contributed by atoms with Crippen molar-refractivity contribution in [2.75, 3.05) is 40.5 Å². The first-order chi connectivity index (χ1) is 21.2. The number of carbonyl (C=O) groups is 2. The minimum atomic E-state index is -1.01. The number of hydrogen-bond acceptors (Lipinski definition) is 11. The Balaban J connectivity index is 1.58. The number of methoxy groups -OCH3 is 2. The van der Waals surface area contributed by atoms with Crippen LogP contribution in [0, 0.1) is 10.1 Å². The van der Waals surface area contributed by atoms with Crippen molar-refractivity contribution in [3.8, 4) is 11.5 Å². The lowest BCUT2D eigenvalue weighted by molar-refractivity contribution is -0.384. The molecule has 1 heterocycles. The van der Waals surface area contributed by atoms with Crippen molar-refractivity contribution in [2.24, 2.45) is 0 Å². The highest BCUT2D eigenvalue weighted by Crippen LogP contribution is 2.44. The Hall–Kier alpha value is -4.42. The Bertz CT molecular complexity index is 1320. The lowest BCUT2D eigenvalue weighted by Crippen LogP contribution is -2.32. The van der Waals surface area contributed by atoms with E-state index in [4.69, 9.17) is 18.9 Å². The molecule has 0 aromatic heterocycles. The maximum atomic E-state index is 12.9. The van der Waals surface area contributed by atoms with Gasteiger partial charge >= 0.3 is 11.9 Å². The van der Waals surface area contributed by atoms with Gasteiger partial charge in [0.05, 0.1) is 42.8 Å². The molecule has 1 aliphatic rings. The molecule has 44 heavy (non-hydrogen) atoms. The number of rotatable bonds is 17. The van der Waals surface area contributed by atoms with E-state index in [2.05, 4.69) is 10.6 Å². The zero-order chi connectivity index (χ0) is 32.1. The molecule has 0 radical (unpaired) electrons. The average Bonchev–Trinajstić information content (AvgIpc) is 3.02. The number of benzene rings is 2. The van der Waals surface area contributed by atoms with Crippen LogP contribution in [0.15, 0.2) is 71.1 Å². The van der Waals surface area contributed by atoms with Crippen LogP contribution in [0.5, 0.6) is 11.5 Å². The monoisotopic (exact) mass is 611 g/mol. The number of esters is 2. The molecule has 0 saturated carbocycles. The molecule has 0 bridgehead atoms. The van der Waals surface area contributed by atoms with Gasteiger partial charge in [0.15, 0.2) is 0 Å². The van der Waals surface area contributed by atoms with Gasteiger partial charge in [-0.3, -0.25) is 10.1 Å². The molecular weight excluding hydrogens is 570 g/mol. The highest BCUT2D eigenvalue weighted by atomic mass is 16.6. The molecular formula is C32H41N3O9. The van der Waals surface area contributed by atoms with Gasteiger partial charge in [0.2, 0.25) is 0 Å². The molecule has 12 heteroatoms. The molecule has 1 atom stereocenters. The van der Waals surface area contributed by atoms with Crippen molar-refractivity contribution >= 4 is 17.6 Å². The maximum Gasteiger partial charge on any atom is 0.336 e. The summed E-state index contributed by atoms with van der Waals surface area (Å²) in [5.41, 5.74) is 1.25. The molecule has 12 nitrogen and oxygen atoms in total. The van der Waals surface area contributed by atoms with Crippen molar-refractivity contribution < 1.29 is 38.6 Å². The number of para-hydroxylation sites is 1. The molecule has 2 aromatic carbocycles. The van der Waals surface area contributed by atoms with Crippen LogP contribution >= 0.6 is 0 Å². The number of nitrogens with zero attached hydrogens (tertiary/aromatic N) is 1. The number of non-ortho nitro benzene ring substituents is 1. The number of nitro benzene ring substituents is 1. The third-order valence-electron chi connectivity index (χ3n) is 7.16. The predicted octanol–water partition coefficient (Wildman–Crippen LogP) is 4.14. The van der Waals surface area contributed by atoms with Crippen LogP contribution in [-0.2, 0) is 19.1 Å². The van der Waals surface area contributed by atoms with Gasteiger partial charge < -0.3 is 34.7 Å². The minimum Gasteiger partial charge on any atom is -0.493 e. The standard InChI is InChI=1S/C32H41N3O9/c1-21-28(31(37)41-3)30(29(22(2)34-21)32(38)42-4)26-18-23(35(39)40)14-15-27(26)43-17-11-6-5-10-16-33-19-24(36)20-44-25-12-8-7-9-13-25/h7-9,12-15,18,24,30,33-34,36H,5-6,10-11,16-17,19-20H2,1-4H3. The summed E-state index contributed by atoms with van der Waals surface area (Å²) in [4.78, 5) is 36.9. The van der Waals surface area contributed by atoms with Crippen molar-refractivity contribution in [2.45, 2.75) is 51.6 Å². The van der Waals surface area contributed by atoms with Crippen LogP contribution in [0.25, 0.3) is 0 Å². The topological polar surface area (TPSA) is 158 Å². The molecule has 0 aliphatic carbocycles. The summed E-state index contributed by atoms with van der Waals surface area (Å²) < 4.78 is 21.7. The normalized spacial score (nSPS) is 14.1. The minimum absolute atomic E-state index is 0.132. The van der Waals surface area contributed by atoms with E-state index >= 15 is 0 Å². The number of dihydropyridines is 1. The Morgan fingerprint density at radius 2 is 1.59 bits per heavy atom. The fraction of sp³-hybridized carbons (Fsp3) is 0.438. The highest BCUT2D eigenvalue weighted by molar-refractivity contribution is 6.00. The van der Waals surface area contributed by atoms with Crippen molar-refractivity contribution in [3.63, 3.8) is 0 Å². The van der Waals surface area contributed by atoms with E-state index in [9.17, 15) is 24.8 Å². The number of nitro groups is 1. The van der Waals surface area contributed by atoms with Gasteiger partial charge in [0.1, 0.15) is 24.2 Å². The molecule has 0 amide bonds. The summed E-state index contributed by atoms with van der Waals surface area (Å²) in [7, 11) is 2.46. The lowest BCUT2D eigenvalue weighted by Gasteiger charge is -2.30. The van der Waals surface area contributed by atoms with Crippen molar-refractivity contribution in [1.29, 1.82) is 0 Å². The van der Waals surface area contributed by atoms with Crippen LogP contribution < -0.4 is 20.1 Å². The summed E-state index contributed by atoms with van der Waals surface area (Å²) in [6.45, 7) is 5.05. The molecule has 1 unspecified atom stereocenters. The number of hydrogen-bond donors (Lipinski definition) is 3. The average molecular weight is 612 g/mol. The van der Waals surface area contributed by atoms with E-state index in [1.54, 1.807) is 13.8 Å². The van der Waals surface area contributed by atoms with E-state index in [-0.39, 0.29) is 23.4 Å². The molecule has 238 valence electrons. The molecule has 3 N–H and O–H groups in total. The van der Waals surface area contributed by atoms with E-state index in [1.165, 1.54) is 32.4 Å². The second kappa shape index (κ2) is 17.0. The Kier molecular flexibility index (Phi) is 13.2. The summed E-state index contributed by atoms with van der Waals surface area (Å²) >= 11 is 0. The Morgan fingerprint density at radius 3 is 2.20 bits per heavy atom. The van der Waals surface area contributed by atoms with E-state index in [0.29, 0.717) is 42.3 Å². The Labute approximate surface area is 257 Å². The Morgan fingerprint density at radius 1 is 0.955 bits per heavy atom. The summed E-state index contributed by atoms with van der Waals surface area (Å²) in [6, 6.07) is 13.5. The predicted molar refractivity (Wildman–Crippen MR) is 163 cm³/mol. The van der Waals surface area contributed by atoms with E-state index in [0.717, 1.165) is 31.6 Å². The van der Waals surface area contributed by atoms with Crippen LogP contribution in [-0.4, -0.2) is 68.6 Å². The third kappa shape index (κ3) is 9.29. The summed E-state index contributed by atoms with van der Waals surface area (Å²) in [5.74, 6) is -1.34. The van der Waals surface area contributed by atoms with Gasteiger partial charge in [-0.15, -0.1) is 0 Å². The van der Waals surface area contributed by atoms with E-state index < -0.39 is 28.9 Å². The largest absolute Gasteiger partial charge is 0.493 e. The summed E-state index contributed by atoms with van der Waals surface area (Å²) in [6.07, 6.45) is 2.81. The number of allylic oxidation sites excluding steroid dienone is 2. The van der Waals surface area contributed by atoms with Gasteiger partial charge in [-0.25, -0.2) is 9.59 Å². The quantitative estimate of drug-likeness (QED) is 0.102. The number of ether oxygens (including phenoxy) is 4. The molecule has 1 aliphatic heterocycles. The maximum absolute atomic E-state index is 12.9. The first-order valence-electron chi connectivity index (χ1n) is 14.5. The lowest BCUT2D eigenvalue weighted by atomic mass is 9.80. The molecule has 3 rings (SSSR count). The molecule has 0 fully saturated rings.